The second kappa shape index (κ2) is 57.6. The number of piperidine rings is 1. The molecule has 662 valence electrons. The quantitative estimate of drug-likeness (QED) is 0.0992. The summed E-state index contributed by atoms with van der Waals surface area (Å²) in [6.45, 7) is 51.9. The number of nitrogens with zero attached hydrogens (tertiary/aromatic N) is 15. The zero-order valence-corrected chi connectivity index (χ0v) is 76.3. The van der Waals surface area contributed by atoms with Gasteiger partial charge in [0.2, 0.25) is 0 Å². The van der Waals surface area contributed by atoms with E-state index in [0.29, 0.717) is 64.5 Å². The summed E-state index contributed by atoms with van der Waals surface area (Å²) in [5.41, 5.74) is 11.3. The molecule has 121 heavy (non-hydrogen) atoms. The lowest BCUT2D eigenvalue weighted by Crippen LogP contribution is -2.30. The SMILES string of the molecule is C.CC(C)c1ccc(F)cn1.CC(C)c1cccc(C(F)(F)F)n1.CC(C)c1cccc(N2CCCCC2)n1.CC(C)c1ccccn1.CC(C)c1ccnc(C(F)(F)F)c1.CC(C)c1ccnc(C2CCOCC2)c1.CC(C)c1cnccn1.CC(C)c1ncccn1.CC(C)c1nccs1.CCc1ccn(C)n1.Cc1cc(C)nc(C(C)C)c1. The molecular formula is C97H138F7N15OS. The summed E-state index contributed by atoms with van der Waals surface area (Å²) in [5, 5.41) is 7.38. The normalized spacial score (nSPS) is 12.4. The molecule has 24 heteroatoms. The average Bonchev–Trinajstić information content (AvgIpc) is 1.49. The lowest BCUT2D eigenvalue weighted by Gasteiger charge is -2.28. The van der Waals surface area contributed by atoms with E-state index in [4.69, 9.17) is 9.72 Å². The summed E-state index contributed by atoms with van der Waals surface area (Å²) in [5.74, 6) is 6.60. The highest BCUT2D eigenvalue weighted by Crippen LogP contribution is 2.32. The van der Waals surface area contributed by atoms with E-state index in [0.717, 1.165) is 78.9 Å². The Labute approximate surface area is 723 Å². The third-order valence-corrected chi connectivity index (χ3v) is 19.3. The third kappa shape index (κ3) is 44.6. The number of thiazole rings is 1. The summed E-state index contributed by atoms with van der Waals surface area (Å²) >= 11 is 1.72. The van der Waals surface area contributed by atoms with Crippen molar-refractivity contribution in [1.29, 1.82) is 0 Å². The average molecular weight is 1700 g/mol. The Bertz CT molecular complexity index is 4200. The first-order valence-electron chi connectivity index (χ1n) is 41.9. The highest BCUT2D eigenvalue weighted by molar-refractivity contribution is 7.09. The van der Waals surface area contributed by atoms with Crippen molar-refractivity contribution < 1.29 is 35.5 Å². The van der Waals surface area contributed by atoms with Crippen molar-refractivity contribution in [2.75, 3.05) is 31.2 Å². The number of rotatable bonds is 13. The maximum atomic E-state index is 12.3. The van der Waals surface area contributed by atoms with E-state index < -0.39 is 23.7 Å². The second-order valence-electron chi connectivity index (χ2n) is 32.1. The fraction of sp³-hybridized carbons (Fsp3) is 0.495. The van der Waals surface area contributed by atoms with Gasteiger partial charge in [0.05, 0.1) is 22.6 Å². The second-order valence-corrected chi connectivity index (χ2v) is 33.1. The Balaban J connectivity index is 0.000000454. The minimum Gasteiger partial charge on any atom is -0.381 e. The van der Waals surface area contributed by atoms with Crippen LogP contribution in [-0.2, 0) is 30.6 Å². The Hall–Kier alpha value is -9.68. The topological polar surface area (TPSA) is 185 Å². The van der Waals surface area contributed by atoms with Gasteiger partial charge < -0.3 is 9.64 Å². The molecule has 0 N–H and O–H groups in total. The standard InChI is InChI=1S/C13H20N2.C13H19NO.C10H15N.2C9H10F3N.C8H10FN.C8H11N.2C7H10N2.C6H10N2.C6H9NS.CH4/c1-11(2)12-7-6-8-13(14-12)15-9-4-3-5-10-15;1-10(2)12-3-6-14-13(9-12)11-4-7-15-8-5-11;1-7(2)10-6-8(3)5-9(4)11-10;1-6(2)7-3-4-13-8(5-7)9(10,11)12;1-6(2)7-4-3-5-8(13-7)9(10,11)12;1-6(2)8-4-3-7(9)5-10-8;1-7(2)8-5-3-4-6-9-8;1-6(2)7-5-8-3-4-9-7;1-6(2)7-8-4-3-5-9-7;1-3-6-4-5-8(2)7-6;1-5(2)6-7-3-4-8-6;/h6-8,11H,3-5,9-10H2,1-2H3;3,6,9-11H,4-5,7-8H2,1-2H3;5-7H,1-4H3;2*3-6H,1-2H3;3-6H,1-2H3;3-7H,1-2H3;2*3-6H,1-2H3;4-5H,3H2,1-2H3;3-5H,1-2H3;1H4. The largest absolute Gasteiger partial charge is 0.433 e. The highest BCUT2D eigenvalue weighted by atomic mass is 32.1. The third-order valence-electron chi connectivity index (χ3n) is 18.2. The van der Waals surface area contributed by atoms with Crippen LogP contribution in [0.15, 0.2) is 189 Å². The molecule has 2 saturated heterocycles. The Morgan fingerprint density at radius 2 is 0.992 bits per heavy atom. The fourth-order valence-electron chi connectivity index (χ4n) is 11.0. The van der Waals surface area contributed by atoms with Gasteiger partial charge in [-0.2, -0.15) is 31.4 Å². The van der Waals surface area contributed by atoms with Crippen LogP contribution in [0.25, 0.3) is 0 Å². The minimum absolute atomic E-state index is 0. The first-order chi connectivity index (χ1) is 56.7. The molecule has 0 radical (unpaired) electrons. The molecule has 0 unspecified atom stereocenters. The molecule has 2 aliphatic heterocycles. The number of aromatic nitrogens is 14. The lowest BCUT2D eigenvalue weighted by molar-refractivity contribution is -0.142. The van der Waals surface area contributed by atoms with E-state index in [2.05, 4.69) is 218 Å². The zero-order valence-electron chi connectivity index (χ0n) is 75.5. The predicted molar refractivity (Wildman–Crippen MR) is 484 cm³/mol. The van der Waals surface area contributed by atoms with E-state index in [1.54, 1.807) is 60.5 Å². The smallest absolute Gasteiger partial charge is 0.381 e. The molecule has 0 spiro atoms. The van der Waals surface area contributed by atoms with Crippen LogP contribution < -0.4 is 4.90 Å². The molecule has 0 amide bonds. The molecule has 0 aromatic carbocycles. The van der Waals surface area contributed by atoms with Gasteiger partial charge in [-0.25, -0.2) is 29.3 Å². The number of pyridine rings is 7. The van der Waals surface area contributed by atoms with Crippen molar-refractivity contribution in [3.8, 4) is 0 Å². The number of hydrogen-bond acceptors (Lipinski definition) is 16. The number of hydrogen-bond donors (Lipinski definition) is 0. The van der Waals surface area contributed by atoms with Gasteiger partial charge in [-0.15, -0.1) is 11.3 Å². The molecule has 2 fully saturated rings. The molecule has 13 rings (SSSR count). The van der Waals surface area contributed by atoms with Crippen LogP contribution in [0.3, 0.4) is 0 Å². The Morgan fingerprint density at radius 3 is 1.42 bits per heavy atom. The molecule has 2 aliphatic rings. The van der Waals surface area contributed by atoms with Crippen molar-refractivity contribution in [2.24, 2.45) is 7.05 Å². The first kappa shape index (κ1) is 107. The van der Waals surface area contributed by atoms with Crippen LogP contribution in [0, 0.1) is 19.7 Å². The lowest BCUT2D eigenvalue weighted by atomic mass is 9.93. The van der Waals surface area contributed by atoms with Gasteiger partial charge in [0.25, 0.3) is 0 Å². The molecule has 11 aromatic rings. The van der Waals surface area contributed by atoms with E-state index >= 15 is 0 Å². The first-order valence-corrected chi connectivity index (χ1v) is 42.8. The van der Waals surface area contributed by atoms with Gasteiger partial charge in [-0.3, -0.25) is 39.6 Å². The monoisotopic (exact) mass is 1690 g/mol. The van der Waals surface area contributed by atoms with Crippen molar-refractivity contribution in [2.45, 2.75) is 283 Å². The van der Waals surface area contributed by atoms with Crippen molar-refractivity contribution in [3.05, 3.63) is 285 Å². The predicted octanol–water partition coefficient (Wildman–Crippen LogP) is 27.2. The summed E-state index contributed by atoms with van der Waals surface area (Å²) in [7, 11) is 1.93. The van der Waals surface area contributed by atoms with Crippen molar-refractivity contribution >= 4 is 17.2 Å². The molecule has 13 heterocycles. The Kier molecular flexibility index (Phi) is 51.1. The molecule has 0 saturated carbocycles. The number of aryl methyl sites for hydroxylation is 4. The molecule has 0 bridgehead atoms. The van der Waals surface area contributed by atoms with Crippen LogP contribution in [0.2, 0.25) is 0 Å². The zero-order chi connectivity index (χ0) is 89.5. The van der Waals surface area contributed by atoms with Gasteiger partial charge in [-0.1, -0.05) is 171 Å². The van der Waals surface area contributed by atoms with Gasteiger partial charge in [0.1, 0.15) is 28.8 Å². The van der Waals surface area contributed by atoms with Crippen LogP contribution >= 0.6 is 11.3 Å². The molecule has 11 aromatic heterocycles. The maximum absolute atomic E-state index is 12.3. The number of ether oxygens (including phenoxy) is 1. The van der Waals surface area contributed by atoms with E-state index in [1.165, 1.54) is 95.9 Å². The summed E-state index contributed by atoms with van der Waals surface area (Å²) in [6.07, 6.45) is 17.3. The van der Waals surface area contributed by atoms with Crippen LogP contribution in [-0.4, -0.2) is 95.9 Å². The highest BCUT2D eigenvalue weighted by Gasteiger charge is 2.33. The van der Waals surface area contributed by atoms with E-state index in [9.17, 15) is 30.7 Å². The van der Waals surface area contributed by atoms with E-state index in [-0.39, 0.29) is 25.1 Å². The van der Waals surface area contributed by atoms with Gasteiger partial charge in [-0.05, 0) is 213 Å². The van der Waals surface area contributed by atoms with Crippen molar-refractivity contribution in [1.82, 2.24) is 69.6 Å². The van der Waals surface area contributed by atoms with Gasteiger partial charge in [0.15, 0.2) is 0 Å². The molecule has 0 atom stereocenters. The summed E-state index contributed by atoms with van der Waals surface area (Å²) < 4.78 is 92.5. The van der Waals surface area contributed by atoms with E-state index in [1.807, 2.05) is 121 Å². The number of alkyl halides is 6. The number of halogens is 7. The molecule has 16 nitrogen and oxygen atoms in total. The van der Waals surface area contributed by atoms with Crippen molar-refractivity contribution in [3.63, 3.8) is 0 Å². The van der Waals surface area contributed by atoms with Crippen LogP contribution in [0.5, 0.6) is 0 Å². The van der Waals surface area contributed by atoms with Crippen LogP contribution in [0.4, 0.5) is 36.6 Å². The summed E-state index contributed by atoms with van der Waals surface area (Å²) in [4.78, 5) is 51.3. The van der Waals surface area contributed by atoms with Gasteiger partial charge >= 0.3 is 12.4 Å². The molecular weight excluding hydrogens is 1560 g/mol. The fourth-order valence-corrected chi connectivity index (χ4v) is 11.7. The summed E-state index contributed by atoms with van der Waals surface area (Å²) in [6, 6.07) is 34.7. The molecule has 0 aliphatic carbocycles. The Morgan fingerprint density at radius 1 is 0.446 bits per heavy atom. The number of anilines is 1. The minimum atomic E-state index is -4.34. The van der Waals surface area contributed by atoms with Crippen LogP contribution in [0.1, 0.15) is 340 Å². The van der Waals surface area contributed by atoms with Gasteiger partial charge in [0, 0.05) is 158 Å². The maximum Gasteiger partial charge on any atom is 0.433 e.